The zero-order valence-corrected chi connectivity index (χ0v) is 24.6. The van der Waals surface area contributed by atoms with E-state index in [0.29, 0.717) is 24.2 Å². The number of methoxy groups -OCH3 is 1. The minimum atomic E-state index is -0.294. The molecule has 6 aromatic rings. The number of fused-ring (bicyclic) bond motifs is 3. The number of amides is 1. The van der Waals surface area contributed by atoms with E-state index in [2.05, 4.69) is 46.0 Å². The number of nitrogens with zero attached hydrogens (tertiary/aromatic N) is 3. The van der Waals surface area contributed by atoms with Gasteiger partial charge in [-0.05, 0) is 78.2 Å². The first-order chi connectivity index (χ1) is 22.1. The number of rotatable bonds is 8. The molecule has 1 fully saturated rings. The van der Waals surface area contributed by atoms with Gasteiger partial charge in [-0.2, -0.15) is 4.99 Å². The van der Waals surface area contributed by atoms with Crippen LogP contribution in [-0.4, -0.2) is 41.3 Å². The highest BCUT2D eigenvalue weighted by Gasteiger charge is 2.35. The molecule has 1 saturated heterocycles. The minimum Gasteiger partial charge on any atom is -0.497 e. The molecule has 2 heterocycles. The van der Waals surface area contributed by atoms with Crippen molar-refractivity contribution in [3.63, 3.8) is 0 Å². The monoisotopic (exact) mass is 591 g/mol. The maximum Gasteiger partial charge on any atom is 0.305 e. The van der Waals surface area contributed by atoms with Gasteiger partial charge in [0.15, 0.2) is 12.0 Å². The second-order valence-electron chi connectivity index (χ2n) is 10.7. The van der Waals surface area contributed by atoms with Crippen molar-refractivity contribution in [3.8, 4) is 11.4 Å². The molecule has 0 N–H and O–H groups in total. The average molecular weight is 592 g/mol. The summed E-state index contributed by atoms with van der Waals surface area (Å²) in [4.78, 5) is 31.7. The molecule has 0 unspecified atom stereocenters. The molecular formula is C38H29N3O4. The van der Waals surface area contributed by atoms with Gasteiger partial charge < -0.3 is 14.0 Å². The second-order valence-corrected chi connectivity index (χ2v) is 10.7. The van der Waals surface area contributed by atoms with Gasteiger partial charge in [0.05, 0.1) is 23.8 Å². The molecule has 1 aliphatic rings. The smallest absolute Gasteiger partial charge is 0.305 e. The topological polar surface area (TPSA) is 73.1 Å². The maximum atomic E-state index is 13.8. The van der Waals surface area contributed by atoms with Crippen LogP contribution in [0.2, 0.25) is 0 Å². The zero-order chi connectivity index (χ0) is 30.8. The van der Waals surface area contributed by atoms with Crippen LogP contribution in [0.25, 0.3) is 33.6 Å². The Hall–Kier alpha value is -5.95. The summed E-state index contributed by atoms with van der Waals surface area (Å²) in [5, 5.41) is 2.18. The number of ether oxygens (including phenoxy) is 2. The maximum absolute atomic E-state index is 13.8. The quantitative estimate of drug-likeness (QED) is 0.134. The summed E-state index contributed by atoms with van der Waals surface area (Å²) in [6, 6.07) is 39.5. The number of aromatic nitrogens is 1. The number of carbonyl (C=O) groups excluding carboxylic acids is 2. The van der Waals surface area contributed by atoms with E-state index in [9.17, 15) is 9.59 Å². The van der Waals surface area contributed by atoms with Gasteiger partial charge in [0.2, 0.25) is 0 Å². The van der Waals surface area contributed by atoms with E-state index in [4.69, 9.17) is 9.47 Å². The summed E-state index contributed by atoms with van der Waals surface area (Å²) >= 11 is 0. The normalized spacial score (nSPS) is 14.9. The molecular weight excluding hydrogens is 562 g/mol. The minimum absolute atomic E-state index is 0.135. The highest BCUT2D eigenvalue weighted by Crippen LogP contribution is 2.33. The number of benzene rings is 5. The van der Waals surface area contributed by atoms with Gasteiger partial charge in [-0.1, -0.05) is 66.7 Å². The van der Waals surface area contributed by atoms with E-state index in [1.165, 1.54) is 4.90 Å². The van der Waals surface area contributed by atoms with E-state index in [-0.39, 0.29) is 17.7 Å². The van der Waals surface area contributed by atoms with Gasteiger partial charge in [0.25, 0.3) is 5.91 Å². The lowest BCUT2D eigenvalue weighted by Crippen LogP contribution is -2.31. The highest BCUT2D eigenvalue weighted by atomic mass is 16.5. The fraction of sp³-hybridized carbons (Fsp3) is 0.0789. The molecule has 7 heteroatoms. The molecule has 0 spiro atoms. The molecule has 1 aromatic heterocycles. The van der Waals surface area contributed by atoms with Crippen molar-refractivity contribution < 1.29 is 19.1 Å². The van der Waals surface area contributed by atoms with Gasteiger partial charge in [-0.3, -0.25) is 14.5 Å². The molecule has 0 atom stereocenters. The third-order valence-corrected chi connectivity index (χ3v) is 7.96. The molecule has 0 radical (unpaired) electrons. The Kier molecular flexibility index (Phi) is 7.41. The standard InChI is InChI=1S/C38H29N3O4/c1-44-30-18-15-26(16-19-30)21-22-40-37(43)36(45-38(40)39-33-13-7-5-9-28(33)25-42)24-27-17-20-35-32(23-27)31-12-6-8-14-34(31)41(35)29-10-3-2-4-11-29/h2-20,23-25H,21-22H2,1H3/b36-24+,39-38+. The third kappa shape index (κ3) is 5.36. The van der Waals surface area contributed by atoms with Gasteiger partial charge in [-0.25, -0.2) is 0 Å². The van der Waals surface area contributed by atoms with Gasteiger partial charge in [0.1, 0.15) is 5.75 Å². The third-order valence-electron chi connectivity index (χ3n) is 7.96. The van der Waals surface area contributed by atoms with Crippen LogP contribution in [0.5, 0.6) is 5.75 Å². The van der Waals surface area contributed by atoms with Gasteiger partial charge in [0, 0.05) is 28.6 Å². The summed E-state index contributed by atoms with van der Waals surface area (Å²) in [6.45, 7) is 0.341. The van der Waals surface area contributed by atoms with Crippen LogP contribution < -0.4 is 4.74 Å². The Morgan fingerprint density at radius 2 is 1.53 bits per heavy atom. The summed E-state index contributed by atoms with van der Waals surface area (Å²) in [5.74, 6) is 0.636. The van der Waals surface area contributed by atoms with Crippen LogP contribution in [0.4, 0.5) is 5.69 Å². The number of aliphatic imine (C=N–C) groups is 1. The molecule has 7 nitrogen and oxygen atoms in total. The number of aldehydes is 1. The first-order valence-corrected chi connectivity index (χ1v) is 14.7. The summed E-state index contributed by atoms with van der Waals surface area (Å²) in [5.41, 5.74) is 5.95. The van der Waals surface area contributed by atoms with Crippen molar-refractivity contribution in [1.29, 1.82) is 0 Å². The number of hydrogen-bond donors (Lipinski definition) is 0. The molecule has 1 aliphatic heterocycles. The first-order valence-electron chi connectivity index (χ1n) is 14.7. The van der Waals surface area contributed by atoms with Crippen molar-refractivity contribution in [2.24, 2.45) is 4.99 Å². The van der Waals surface area contributed by atoms with Crippen molar-refractivity contribution in [2.45, 2.75) is 6.42 Å². The number of para-hydroxylation sites is 3. The fourth-order valence-corrected chi connectivity index (χ4v) is 5.70. The van der Waals surface area contributed by atoms with Crippen LogP contribution in [0.1, 0.15) is 21.5 Å². The largest absolute Gasteiger partial charge is 0.497 e. The first kappa shape index (κ1) is 27.9. The van der Waals surface area contributed by atoms with Crippen LogP contribution in [0.15, 0.2) is 132 Å². The Balaban J connectivity index is 1.27. The number of hydrogen-bond acceptors (Lipinski definition) is 5. The summed E-state index contributed by atoms with van der Waals surface area (Å²) in [6.07, 6.45) is 3.08. The Bertz CT molecular complexity index is 2110. The van der Waals surface area contributed by atoms with Crippen LogP contribution in [0.3, 0.4) is 0 Å². The van der Waals surface area contributed by atoms with E-state index >= 15 is 0 Å². The molecule has 0 bridgehead atoms. The van der Waals surface area contributed by atoms with Crippen LogP contribution in [-0.2, 0) is 16.0 Å². The Labute approximate surface area is 260 Å². The second kappa shape index (κ2) is 12.0. The van der Waals surface area contributed by atoms with Gasteiger partial charge >= 0.3 is 6.02 Å². The van der Waals surface area contributed by atoms with E-state index in [0.717, 1.165) is 50.7 Å². The van der Waals surface area contributed by atoms with Crippen LogP contribution in [0, 0.1) is 0 Å². The van der Waals surface area contributed by atoms with E-state index in [1.54, 1.807) is 37.5 Å². The molecule has 0 saturated carbocycles. The van der Waals surface area contributed by atoms with Crippen LogP contribution >= 0.6 is 0 Å². The van der Waals surface area contributed by atoms with Crippen molar-refractivity contribution >= 4 is 51.8 Å². The summed E-state index contributed by atoms with van der Waals surface area (Å²) < 4.78 is 13.7. The molecule has 220 valence electrons. The van der Waals surface area contributed by atoms with Crippen molar-refractivity contribution in [2.75, 3.05) is 13.7 Å². The zero-order valence-electron chi connectivity index (χ0n) is 24.6. The molecule has 45 heavy (non-hydrogen) atoms. The SMILES string of the molecule is COc1ccc(CCN2C(=O)/C(=C\c3ccc4c(c3)c3ccccc3n4-c3ccccc3)O/C2=N/c2ccccc2C=O)cc1. The summed E-state index contributed by atoms with van der Waals surface area (Å²) in [7, 11) is 1.63. The molecule has 1 amide bonds. The van der Waals surface area contributed by atoms with Crippen molar-refractivity contribution in [3.05, 3.63) is 144 Å². The lowest BCUT2D eigenvalue weighted by atomic mass is 10.1. The van der Waals surface area contributed by atoms with E-state index < -0.39 is 0 Å². The Morgan fingerprint density at radius 1 is 0.800 bits per heavy atom. The Morgan fingerprint density at radius 3 is 2.33 bits per heavy atom. The number of carbonyl (C=O) groups is 2. The lowest BCUT2D eigenvalue weighted by molar-refractivity contribution is -0.122. The predicted octanol–water partition coefficient (Wildman–Crippen LogP) is 7.73. The van der Waals surface area contributed by atoms with E-state index in [1.807, 2.05) is 60.7 Å². The average Bonchev–Trinajstić information content (AvgIpc) is 3.57. The fourth-order valence-electron chi connectivity index (χ4n) is 5.70. The molecule has 7 rings (SSSR count). The molecule has 5 aromatic carbocycles. The highest BCUT2D eigenvalue weighted by molar-refractivity contribution is 6.13. The lowest BCUT2D eigenvalue weighted by Gasteiger charge is -2.14. The predicted molar refractivity (Wildman–Crippen MR) is 177 cm³/mol. The van der Waals surface area contributed by atoms with Gasteiger partial charge in [-0.15, -0.1) is 0 Å². The molecule has 0 aliphatic carbocycles. The number of amidine groups is 1. The van der Waals surface area contributed by atoms with Crippen molar-refractivity contribution in [1.82, 2.24) is 9.47 Å².